The minimum Gasteiger partial charge on any atom is -0.388 e. The van der Waals surface area contributed by atoms with Crippen LogP contribution in [0.25, 0.3) is 22.3 Å². The number of aliphatic hydroxyl groups is 1. The number of nitrogens with two attached hydrogens (primary N) is 2. The summed E-state index contributed by atoms with van der Waals surface area (Å²) in [4.78, 5) is 53.6. The molecule has 238 valence electrons. The Kier molecular flexibility index (Phi) is 8.37. The van der Waals surface area contributed by atoms with E-state index < -0.39 is 70.8 Å². The van der Waals surface area contributed by atoms with Crippen LogP contribution < -0.4 is 11.5 Å². The predicted molar refractivity (Wildman–Crippen MR) is 148 cm³/mol. The number of halogens is 1. The number of ether oxygens (including phenoxy) is 2. The van der Waals surface area contributed by atoms with Crippen LogP contribution in [-0.2, 0) is 39.4 Å². The number of alkyl halides is 1. The van der Waals surface area contributed by atoms with E-state index in [9.17, 15) is 24.4 Å². The third-order valence-electron chi connectivity index (χ3n) is 6.84. The molecule has 24 heteroatoms. The molecule has 2 fully saturated rings. The molecule has 2 aliphatic heterocycles. The number of anilines is 2. The fraction of sp³-hybridized carbons (Fsp3) is 0.500. The molecule has 0 radical (unpaired) electrons. The first-order valence-corrected chi connectivity index (χ1v) is 16.8. The van der Waals surface area contributed by atoms with Crippen LogP contribution in [0.4, 0.5) is 16.0 Å². The standard InChI is InChI=1S/C20H25FN10O10P2S/c21-11-14(10(3-38-43(35,36)44)40-20(11)31-7-29-13-16(23)25-5-27-18(13)31)41-42(33,34)37-2-8-1-9(32)19(39-8)30-6-28-12-15(22)24-4-26-17(12)30/h4-11,14,19-20,32H,1-3H2,(H,33,34)(H2,22,24,26)(H2,23,25,27)(H2,35,36,44)/t8-,9+,10?,11+,14+,19+,20+/m0/s1. The topological polar surface area (TPSA) is 283 Å². The summed E-state index contributed by atoms with van der Waals surface area (Å²) in [6, 6.07) is 0. The second-order valence-electron chi connectivity index (χ2n) is 9.75. The Hall–Kier alpha value is -2.85. The van der Waals surface area contributed by atoms with E-state index in [4.69, 9.17) is 34.5 Å². The molecule has 0 aromatic carbocycles. The Bertz CT molecular complexity index is 1780. The third kappa shape index (κ3) is 6.16. The van der Waals surface area contributed by atoms with Crippen molar-refractivity contribution in [2.75, 3.05) is 24.7 Å². The van der Waals surface area contributed by atoms with Gasteiger partial charge in [0.25, 0.3) is 0 Å². The molecule has 2 aliphatic rings. The molecule has 2 unspecified atom stereocenters. The number of nitrogens with zero attached hydrogens (tertiary/aromatic N) is 8. The molecule has 0 spiro atoms. The van der Waals surface area contributed by atoms with Gasteiger partial charge >= 0.3 is 14.5 Å². The quantitative estimate of drug-likeness (QED) is 0.115. The first kappa shape index (κ1) is 31.1. The van der Waals surface area contributed by atoms with Gasteiger partial charge in [0.1, 0.15) is 42.0 Å². The van der Waals surface area contributed by atoms with Crippen LogP contribution in [-0.4, -0.2) is 103 Å². The molecule has 44 heavy (non-hydrogen) atoms. The van der Waals surface area contributed by atoms with Crippen molar-refractivity contribution in [3.05, 3.63) is 25.3 Å². The normalized spacial score (nSPS) is 29.1. The zero-order chi connectivity index (χ0) is 31.4. The molecule has 0 bridgehead atoms. The third-order valence-corrected chi connectivity index (χ3v) is 8.63. The second kappa shape index (κ2) is 11.8. The van der Waals surface area contributed by atoms with Gasteiger partial charge in [0, 0.05) is 6.42 Å². The first-order valence-electron chi connectivity index (χ1n) is 12.7. The molecule has 2 saturated heterocycles. The summed E-state index contributed by atoms with van der Waals surface area (Å²) >= 11 is 4.45. The van der Waals surface area contributed by atoms with E-state index in [1.807, 2.05) is 0 Å². The Labute approximate surface area is 250 Å². The lowest BCUT2D eigenvalue weighted by molar-refractivity contribution is -0.0548. The minimum atomic E-state index is -5.04. The fourth-order valence-electron chi connectivity index (χ4n) is 4.91. The number of phosphoric ester groups is 1. The molecule has 0 amide bonds. The van der Waals surface area contributed by atoms with Crippen molar-refractivity contribution in [2.24, 2.45) is 0 Å². The molecule has 4 aromatic heterocycles. The zero-order valence-electron chi connectivity index (χ0n) is 22.1. The molecule has 4 aromatic rings. The van der Waals surface area contributed by atoms with E-state index in [0.29, 0.717) is 11.2 Å². The van der Waals surface area contributed by atoms with Gasteiger partial charge in [-0.1, -0.05) is 0 Å². The molecule has 8 N–H and O–H groups in total. The summed E-state index contributed by atoms with van der Waals surface area (Å²) in [5, 5.41) is 10.6. The van der Waals surface area contributed by atoms with E-state index in [-0.39, 0.29) is 29.2 Å². The van der Waals surface area contributed by atoms with Gasteiger partial charge < -0.3 is 45.3 Å². The molecule has 20 nitrogen and oxygen atoms in total. The van der Waals surface area contributed by atoms with Gasteiger partial charge in [-0.15, -0.1) is 0 Å². The van der Waals surface area contributed by atoms with E-state index in [1.54, 1.807) is 0 Å². The maximum atomic E-state index is 15.9. The van der Waals surface area contributed by atoms with Gasteiger partial charge in [-0.3, -0.25) is 18.2 Å². The largest absolute Gasteiger partial charge is 0.472 e. The van der Waals surface area contributed by atoms with Crippen molar-refractivity contribution < 1.29 is 51.8 Å². The van der Waals surface area contributed by atoms with Gasteiger partial charge in [-0.05, 0) is 11.8 Å². The second-order valence-corrected chi connectivity index (χ2v) is 13.8. The molecule has 6 heterocycles. The highest BCUT2D eigenvalue weighted by atomic mass is 32.5. The number of hydrogen-bond acceptors (Lipinski definition) is 16. The highest BCUT2D eigenvalue weighted by molar-refractivity contribution is 8.06. The lowest BCUT2D eigenvalue weighted by Gasteiger charge is -2.23. The number of aromatic nitrogens is 8. The summed E-state index contributed by atoms with van der Waals surface area (Å²) in [6.45, 7) is -5.49. The number of fused-ring (bicyclic) bond motifs is 2. The molecular formula is C20H25FN10O10P2S. The highest BCUT2D eigenvalue weighted by Crippen LogP contribution is 2.50. The van der Waals surface area contributed by atoms with Crippen LogP contribution in [0.2, 0.25) is 0 Å². The summed E-state index contributed by atoms with van der Waals surface area (Å²) in [7, 11) is -5.04. The lowest BCUT2D eigenvalue weighted by Crippen LogP contribution is -2.34. The van der Waals surface area contributed by atoms with Crippen LogP contribution in [0.5, 0.6) is 0 Å². The summed E-state index contributed by atoms with van der Waals surface area (Å²) in [5.41, 5.74) is 12.4. The van der Waals surface area contributed by atoms with Crippen molar-refractivity contribution >= 4 is 60.3 Å². The smallest absolute Gasteiger partial charge is 0.388 e. The van der Waals surface area contributed by atoms with Crippen LogP contribution >= 0.6 is 14.5 Å². The predicted octanol–water partition coefficient (Wildman–Crippen LogP) is -0.558. The van der Waals surface area contributed by atoms with E-state index in [1.165, 1.54) is 23.5 Å². The van der Waals surface area contributed by atoms with Gasteiger partial charge in [0.15, 0.2) is 41.6 Å². The number of phosphoric acid groups is 1. The van der Waals surface area contributed by atoms with Crippen molar-refractivity contribution in [1.29, 1.82) is 0 Å². The monoisotopic (exact) mass is 678 g/mol. The highest BCUT2D eigenvalue weighted by Gasteiger charge is 2.51. The maximum Gasteiger partial charge on any atom is 0.472 e. The maximum absolute atomic E-state index is 15.9. The van der Waals surface area contributed by atoms with E-state index in [2.05, 4.69) is 41.7 Å². The summed E-state index contributed by atoms with van der Waals surface area (Å²) in [6.07, 6.45) is -5.10. The molecule has 8 atom stereocenters. The Morgan fingerprint density at radius 2 is 1.52 bits per heavy atom. The summed E-state index contributed by atoms with van der Waals surface area (Å²) in [5.74, 6) is 0.147. The lowest BCUT2D eigenvalue weighted by atomic mass is 10.1. The SMILES string of the molecule is Nc1ncnc2c1ncn2[C@@H]1OC(COP(O)(O)=S)[C@@H](OP(=O)(O)OC[C@@H]2C[C@@H](O)[C@H](n3cnc4c(N)ncnc43)O2)[C@H]1F. The van der Waals surface area contributed by atoms with E-state index in [0.717, 1.165) is 10.9 Å². The number of imidazole rings is 2. The van der Waals surface area contributed by atoms with Crippen LogP contribution in [0.3, 0.4) is 0 Å². The number of rotatable bonds is 10. The van der Waals surface area contributed by atoms with Crippen molar-refractivity contribution in [3.63, 3.8) is 0 Å². The van der Waals surface area contributed by atoms with Crippen LogP contribution in [0.1, 0.15) is 18.9 Å². The van der Waals surface area contributed by atoms with Gasteiger partial charge in [-0.2, -0.15) is 0 Å². The molecular weight excluding hydrogens is 653 g/mol. The van der Waals surface area contributed by atoms with Crippen LogP contribution in [0.15, 0.2) is 25.3 Å². The Morgan fingerprint density at radius 3 is 2.11 bits per heavy atom. The number of aliphatic hydroxyl groups excluding tert-OH is 1. The average Bonchev–Trinajstić information content (AvgIpc) is 3.72. The molecule has 0 saturated carbocycles. The minimum absolute atomic E-state index is 0.0158. The number of nitrogen functional groups attached to an aromatic ring is 2. The fourth-order valence-corrected chi connectivity index (χ4v) is 6.41. The van der Waals surface area contributed by atoms with Gasteiger partial charge in [0.2, 0.25) is 0 Å². The van der Waals surface area contributed by atoms with Gasteiger partial charge in [-0.25, -0.2) is 38.9 Å². The van der Waals surface area contributed by atoms with Crippen LogP contribution in [0, 0.1) is 0 Å². The summed E-state index contributed by atoms with van der Waals surface area (Å²) < 4.78 is 58.0. The van der Waals surface area contributed by atoms with Gasteiger partial charge in [0.05, 0.1) is 32.0 Å². The Balaban J connectivity index is 1.15. The van der Waals surface area contributed by atoms with E-state index >= 15 is 4.39 Å². The average molecular weight is 678 g/mol. The first-order chi connectivity index (χ1) is 20.8. The molecule has 6 rings (SSSR count). The molecule has 0 aliphatic carbocycles. The number of hydrogen-bond donors (Lipinski definition) is 6. The van der Waals surface area contributed by atoms with Crippen molar-refractivity contribution in [3.8, 4) is 0 Å². The Morgan fingerprint density at radius 1 is 0.932 bits per heavy atom. The van der Waals surface area contributed by atoms with Crippen molar-refractivity contribution in [2.45, 2.75) is 49.5 Å². The van der Waals surface area contributed by atoms with Crippen molar-refractivity contribution in [1.82, 2.24) is 39.0 Å². The zero-order valence-corrected chi connectivity index (χ0v) is 24.7.